The van der Waals surface area contributed by atoms with E-state index in [4.69, 9.17) is 5.73 Å². The van der Waals surface area contributed by atoms with E-state index in [-0.39, 0.29) is 5.54 Å². The van der Waals surface area contributed by atoms with E-state index in [1.54, 1.807) is 4.31 Å². The van der Waals surface area contributed by atoms with Crippen LogP contribution in [0.15, 0.2) is 0 Å². The lowest BCUT2D eigenvalue weighted by Crippen LogP contribution is -2.61. The molecule has 100 valence electrons. The van der Waals surface area contributed by atoms with Crippen molar-refractivity contribution in [2.75, 3.05) is 19.6 Å². The highest BCUT2D eigenvalue weighted by molar-refractivity contribution is 7.87. The van der Waals surface area contributed by atoms with Gasteiger partial charge >= 0.3 is 0 Å². The minimum atomic E-state index is -3.33. The molecule has 0 atom stereocenters. The lowest BCUT2D eigenvalue weighted by atomic mass is 9.78. The Morgan fingerprint density at radius 1 is 1.35 bits per heavy atom. The average molecular weight is 261 g/mol. The van der Waals surface area contributed by atoms with Crippen molar-refractivity contribution in [2.24, 2.45) is 11.7 Å². The van der Waals surface area contributed by atoms with Gasteiger partial charge in [0, 0.05) is 25.2 Å². The predicted octanol–water partition coefficient (Wildman–Crippen LogP) is 0.434. The Hall–Kier alpha value is -0.170. The topological polar surface area (TPSA) is 75.4 Å². The van der Waals surface area contributed by atoms with Crippen molar-refractivity contribution in [1.82, 2.24) is 9.03 Å². The van der Waals surface area contributed by atoms with Crippen LogP contribution in [0, 0.1) is 5.92 Å². The molecule has 1 aliphatic heterocycles. The van der Waals surface area contributed by atoms with Crippen LogP contribution in [-0.4, -0.2) is 37.9 Å². The van der Waals surface area contributed by atoms with Crippen molar-refractivity contribution in [2.45, 2.75) is 44.6 Å². The lowest BCUT2D eigenvalue weighted by Gasteiger charge is -2.43. The average Bonchev–Trinajstić information content (AvgIpc) is 2.24. The summed E-state index contributed by atoms with van der Waals surface area (Å²) >= 11 is 0. The smallest absolute Gasteiger partial charge is 0.279 e. The normalized spacial score (nSPS) is 26.7. The van der Waals surface area contributed by atoms with E-state index in [1.807, 2.05) is 0 Å². The first-order chi connectivity index (χ1) is 7.97. The zero-order valence-electron chi connectivity index (χ0n) is 10.5. The van der Waals surface area contributed by atoms with E-state index in [0.717, 1.165) is 32.1 Å². The third-order valence-electron chi connectivity index (χ3n) is 4.13. The number of nitrogens with two attached hydrogens (primary N) is 1. The van der Waals surface area contributed by atoms with Crippen LogP contribution in [0.5, 0.6) is 0 Å². The van der Waals surface area contributed by atoms with Gasteiger partial charge in [0.15, 0.2) is 0 Å². The molecule has 1 heterocycles. The molecule has 3 N–H and O–H groups in total. The summed E-state index contributed by atoms with van der Waals surface area (Å²) in [5, 5.41) is 0. The molecule has 0 spiro atoms. The van der Waals surface area contributed by atoms with Gasteiger partial charge in [0.25, 0.3) is 10.2 Å². The Labute approximate surface area is 104 Å². The molecule has 6 heteroatoms. The highest BCUT2D eigenvalue weighted by atomic mass is 32.2. The van der Waals surface area contributed by atoms with Crippen molar-refractivity contribution in [1.29, 1.82) is 0 Å². The zero-order chi connectivity index (χ0) is 12.5. The summed E-state index contributed by atoms with van der Waals surface area (Å²) in [5.74, 6) is 0.633. The molecule has 0 amide bonds. The summed E-state index contributed by atoms with van der Waals surface area (Å²) in [4.78, 5) is 0. The van der Waals surface area contributed by atoms with Gasteiger partial charge in [-0.05, 0) is 38.0 Å². The van der Waals surface area contributed by atoms with Gasteiger partial charge < -0.3 is 5.73 Å². The van der Waals surface area contributed by atoms with Gasteiger partial charge in [-0.1, -0.05) is 6.92 Å². The SMILES string of the molecule is CC1CCN(S(=O)(=O)NC2(CN)CCC2)CC1. The highest BCUT2D eigenvalue weighted by Gasteiger charge is 2.41. The summed E-state index contributed by atoms with van der Waals surface area (Å²) in [6.07, 6.45) is 4.71. The van der Waals surface area contributed by atoms with Gasteiger partial charge in [0.1, 0.15) is 0 Å². The maximum atomic E-state index is 12.2. The number of nitrogens with one attached hydrogen (secondary N) is 1. The fraction of sp³-hybridized carbons (Fsp3) is 1.00. The monoisotopic (exact) mass is 261 g/mol. The molecule has 1 saturated carbocycles. The maximum Gasteiger partial charge on any atom is 0.279 e. The molecule has 17 heavy (non-hydrogen) atoms. The Morgan fingerprint density at radius 3 is 2.35 bits per heavy atom. The molecule has 1 aliphatic carbocycles. The van der Waals surface area contributed by atoms with Crippen molar-refractivity contribution in [3.63, 3.8) is 0 Å². The molecule has 2 aliphatic rings. The van der Waals surface area contributed by atoms with E-state index in [2.05, 4.69) is 11.6 Å². The molecule has 0 aromatic heterocycles. The quantitative estimate of drug-likeness (QED) is 0.771. The number of nitrogens with zero attached hydrogens (tertiary/aromatic N) is 1. The molecular weight excluding hydrogens is 238 g/mol. The van der Waals surface area contributed by atoms with Gasteiger partial charge in [-0.2, -0.15) is 17.4 Å². The Kier molecular flexibility index (Phi) is 3.77. The summed E-state index contributed by atoms with van der Waals surface area (Å²) in [6.45, 7) is 3.84. The third kappa shape index (κ3) is 2.81. The fourth-order valence-electron chi connectivity index (χ4n) is 2.51. The summed E-state index contributed by atoms with van der Waals surface area (Å²) in [7, 11) is -3.33. The first kappa shape index (κ1) is 13.3. The molecule has 0 aromatic rings. The zero-order valence-corrected chi connectivity index (χ0v) is 11.3. The molecule has 5 nitrogen and oxygen atoms in total. The number of hydrogen-bond acceptors (Lipinski definition) is 3. The first-order valence-corrected chi connectivity index (χ1v) is 7.91. The van der Waals surface area contributed by atoms with Crippen molar-refractivity contribution >= 4 is 10.2 Å². The van der Waals surface area contributed by atoms with E-state index < -0.39 is 10.2 Å². The van der Waals surface area contributed by atoms with Crippen LogP contribution in [0.25, 0.3) is 0 Å². The minimum absolute atomic E-state index is 0.359. The summed E-state index contributed by atoms with van der Waals surface area (Å²) < 4.78 is 28.8. The Morgan fingerprint density at radius 2 is 1.94 bits per heavy atom. The van der Waals surface area contributed by atoms with E-state index in [9.17, 15) is 8.42 Å². The van der Waals surface area contributed by atoms with E-state index in [0.29, 0.717) is 25.6 Å². The lowest BCUT2D eigenvalue weighted by molar-refractivity contribution is 0.217. The van der Waals surface area contributed by atoms with Crippen LogP contribution in [0.3, 0.4) is 0 Å². The van der Waals surface area contributed by atoms with Crippen molar-refractivity contribution in [3.05, 3.63) is 0 Å². The molecule has 0 radical (unpaired) electrons. The van der Waals surface area contributed by atoms with Gasteiger partial charge in [-0.3, -0.25) is 0 Å². The largest absolute Gasteiger partial charge is 0.329 e. The second-order valence-electron chi connectivity index (χ2n) is 5.53. The van der Waals surface area contributed by atoms with Crippen molar-refractivity contribution in [3.8, 4) is 0 Å². The van der Waals surface area contributed by atoms with E-state index in [1.165, 1.54) is 0 Å². The van der Waals surface area contributed by atoms with Gasteiger partial charge in [0.2, 0.25) is 0 Å². The van der Waals surface area contributed by atoms with Crippen LogP contribution >= 0.6 is 0 Å². The van der Waals surface area contributed by atoms with Gasteiger partial charge in [-0.15, -0.1) is 0 Å². The Bertz CT molecular complexity index is 351. The maximum absolute atomic E-state index is 12.2. The molecule has 0 bridgehead atoms. The molecule has 2 fully saturated rings. The molecular formula is C11H23N3O2S. The first-order valence-electron chi connectivity index (χ1n) is 6.47. The molecule has 0 aromatic carbocycles. The second-order valence-corrected chi connectivity index (χ2v) is 7.20. The Balaban J connectivity index is 1.99. The van der Waals surface area contributed by atoms with Crippen molar-refractivity contribution < 1.29 is 8.42 Å². The molecule has 2 rings (SSSR count). The molecule has 1 saturated heterocycles. The van der Waals surface area contributed by atoms with Crippen LogP contribution in [0.4, 0.5) is 0 Å². The van der Waals surface area contributed by atoms with Crippen LogP contribution in [0.1, 0.15) is 39.0 Å². The van der Waals surface area contributed by atoms with Crippen LogP contribution in [0.2, 0.25) is 0 Å². The standard InChI is InChI=1S/C11H23N3O2S/c1-10-3-7-14(8-4-10)17(15,16)13-11(9-12)5-2-6-11/h10,13H,2-9,12H2,1H3. The van der Waals surface area contributed by atoms with Crippen LogP contribution in [-0.2, 0) is 10.2 Å². The highest BCUT2D eigenvalue weighted by Crippen LogP contribution is 2.32. The predicted molar refractivity (Wildman–Crippen MR) is 67.7 cm³/mol. The summed E-state index contributed by atoms with van der Waals surface area (Å²) in [6, 6.07) is 0. The molecule has 0 unspecified atom stereocenters. The van der Waals surface area contributed by atoms with E-state index >= 15 is 0 Å². The second kappa shape index (κ2) is 4.84. The van der Waals surface area contributed by atoms with Gasteiger partial charge in [0.05, 0.1) is 0 Å². The summed E-state index contributed by atoms with van der Waals surface area (Å²) in [5.41, 5.74) is 5.32. The number of rotatable bonds is 4. The van der Waals surface area contributed by atoms with Crippen LogP contribution < -0.4 is 10.5 Å². The number of piperidine rings is 1. The third-order valence-corrected chi connectivity index (χ3v) is 5.87. The van der Waals surface area contributed by atoms with Gasteiger partial charge in [-0.25, -0.2) is 0 Å². The minimum Gasteiger partial charge on any atom is -0.329 e. The number of hydrogen-bond donors (Lipinski definition) is 2. The fourth-order valence-corrected chi connectivity index (χ4v) is 4.17.